The summed E-state index contributed by atoms with van der Waals surface area (Å²) in [4.78, 5) is 12.2. The fourth-order valence-electron chi connectivity index (χ4n) is 2.88. The molecule has 0 amide bonds. The van der Waals surface area contributed by atoms with Gasteiger partial charge in [-0.2, -0.15) is 0 Å². The summed E-state index contributed by atoms with van der Waals surface area (Å²) >= 11 is 0. The Morgan fingerprint density at radius 1 is 0.880 bits per heavy atom. The molecule has 3 aromatic rings. The number of para-hydroxylation sites is 1. The summed E-state index contributed by atoms with van der Waals surface area (Å²) in [6, 6.07) is 28.0. The zero-order valence-electron chi connectivity index (χ0n) is 14.2. The average Bonchev–Trinajstić information content (AvgIpc) is 2.69. The summed E-state index contributed by atoms with van der Waals surface area (Å²) in [7, 11) is 1.43. The molecule has 1 unspecified atom stereocenters. The van der Waals surface area contributed by atoms with Crippen LogP contribution < -0.4 is 5.32 Å². The first-order chi connectivity index (χ1) is 12.3. The van der Waals surface area contributed by atoms with Crippen LogP contribution in [0, 0.1) is 0 Å². The van der Waals surface area contributed by atoms with Gasteiger partial charge in [0.1, 0.15) is 0 Å². The molecule has 0 fully saturated rings. The van der Waals surface area contributed by atoms with Crippen LogP contribution in [0.3, 0.4) is 0 Å². The van der Waals surface area contributed by atoms with E-state index in [1.165, 1.54) is 7.11 Å². The van der Waals surface area contributed by atoms with E-state index in [4.69, 9.17) is 4.74 Å². The topological polar surface area (TPSA) is 38.3 Å². The van der Waals surface area contributed by atoms with E-state index in [1.54, 1.807) is 0 Å². The van der Waals surface area contributed by atoms with Crippen molar-refractivity contribution in [2.75, 3.05) is 19.0 Å². The molecule has 0 aliphatic rings. The molecule has 0 aromatic heterocycles. The van der Waals surface area contributed by atoms with Gasteiger partial charge in [-0.1, -0.05) is 78.9 Å². The number of carbonyl (C=O) groups is 1. The lowest BCUT2D eigenvalue weighted by Gasteiger charge is -2.18. The lowest BCUT2D eigenvalue weighted by atomic mass is 9.98. The second-order valence-corrected chi connectivity index (χ2v) is 5.78. The van der Waals surface area contributed by atoms with Crippen LogP contribution in [0.1, 0.15) is 11.5 Å². The van der Waals surface area contributed by atoms with Crippen molar-refractivity contribution in [3.05, 3.63) is 90.5 Å². The Balaban J connectivity index is 1.84. The SMILES string of the molecule is COC(=O)C(CNc1ccccc1-c1ccccc1)c1ccccc1. The van der Waals surface area contributed by atoms with E-state index < -0.39 is 0 Å². The van der Waals surface area contributed by atoms with Crippen molar-refractivity contribution in [2.45, 2.75) is 5.92 Å². The zero-order valence-corrected chi connectivity index (χ0v) is 14.2. The Morgan fingerprint density at radius 2 is 1.48 bits per heavy atom. The molecule has 0 spiro atoms. The molecular formula is C22H21NO2. The van der Waals surface area contributed by atoms with Crippen LogP contribution in [0.15, 0.2) is 84.9 Å². The van der Waals surface area contributed by atoms with Crippen LogP contribution in [0.25, 0.3) is 11.1 Å². The van der Waals surface area contributed by atoms with Gasteiger partial charge in [0.15, 0.2) is 0 Å². The molecule has 0 heterocycles. The summed E-state index contributed by atoms with van der Waals surface area (Å²) in [5, 5.41) is 3.42. The Morgan fingerprint density at radius 3 is 2.16 bits per heavy atom. The largest absolute Gasteiger partial charge is 0.468 e. The van der Waals surface area contributed by atoms with Crippen LogP contribution in [0.2, 0.25) is 0 Å². The number of anilines is 1. The summed E-state index contributed by atoms with van der Waals surface area (Å²) in [6.07, 6.45) is 0. The molecule has 0 saturated heterocycles. The van der Waals surface area contributed by atoms with Crippen molar-refractivity contribution in [1.82, 2.24) is 0 Å². The molecule has 0 saturated carbocycles. The fraction of sp³-hybridized carbons (Fsp3) is 0.136. The van der Waals surface area contributed by atoms with E-state index >= 15 is 0 Å². The van der Waals surface area contributed by atoms with Crippen LogP contribution in [0.5, 0.6) is 0 Å². The first kappa shape index (κ1) is 16.8. The van der Waals surface area contributed by atoms with E-state index in [9.17, 15) is 4.79 Å². The normalized spacial score (nSPS) is 11.6. The number of esters is 1. The summed E-state index contributed by atoms with van der Waals surface area (Å²) in [5.74, 6) is -0.592. The molecule has 0 aliphatic heterocycles. The minimum absolute atomic E-state index is 0.240. The highest BCUT2D eigenvalue weighted by atomic mass is 16.5. The third-order valence-corrected chi connectivity index (χ3v) is 4.20. The Hall–Kier alpha value is -3.07. The van der Waals surface area contributed by atoms with Gasteiger partial charge >= 0.3 is 5.97 Å². The van der Waals surface area contributed by atoms with Crippen LogP contribution in [-0.2, 0) is 9.53 Å². The van der Waals surface area contributed by atoms with Gasteiger partial charge in [-0.3, -0.25) is 4.79 Å². The van der Waals surface area contributed by atoms with E-state index in [-0.39, 0.29) is 11.9 Å². The third-order valence-electron chi connectivity index (χ3n) is 4.20. The van der Waals surface area contributed by atoms with E-state index in [0.717, 1.165) is 22.4 Å². The molecule has 3 nitrogen and oxygen atoms in total. The number of ether oxygens (including phenoxy) is 1. The van der Waals surface area contributed by atoms with Crippen LogP contribution in [0.4, 0.5) is 5.69 Å². The van der Waals surface area contributed by atoms with E-state index in [2.05, 4.69) is 23.5 Å². The molecule has 3 heteroatoms. The van der Waals surface area contributed by atoms with Crippen molar-refractivity contribution in [3.63, 3.8) is 0 Å². The maximum absolute atomic E-state index is 12.2. The molecule has 3 aromatic carbocycles. The highest BCUT2D eigenvalue weighted by molar-refractivity contribution is 5.81. The maximum Gasteiger partial charge on any atom is 0.314 e. The molecule has 126 valence electrons. The van der Waals surface area contributed by atoms with Gasteiger partial charge in [0.05, 0.1) is 13.0 Å². The minimum Gasteiger partial charge on any atom is -0.468 e. The number of methoxy groups -OCH3 is 1. The van der Waals surface area contributed by atoms with Gasteiger partial charge in [-0.25, -0.2) is 0 Å². The quantitative estimate of drug-likeness (QED) is 0.664. The van der Waals surface area contributed by atoms with Crippen molar-refractivity contribution in [1.29, 1.82) is 0 Å². The van der Waals surface area contributed by atoms with Crippen LogP contribution in [-0.4, -0.2) is 19.6 Å². The van der Waals surface area contributed by atoms with Gasteiger partial charge in [0.25, 0.3) is 0 Å². The smallest absolute Gasteiger partial charge is 0.314 e. The zero-order chi connectivity index (χ0) is 17.5. The minimum atomic E-state index is -0.352. The van der Waals surface area contributed by atoms with Crippen molar-refractivity contribution < 1.29 is 9.53 Å². The second-order valence-electron chi connectivity index (χ2n) is 5.78. The number of carbonyl (C=O) groups excluding carboxylic acids is 1. The predicted molar refractivity (Wildman–Crippen MR) is 102 cm³/mol. The highest BCUT2D eigenvalue weighted by Gasteiger charge is 2.21. The predicted octanol–water partition coefficient (Wildman–Crippen LogP) is 4.72. The standard InChI is InChI=1S/C22H21NO2/c1-25-22(24)20(18-12-6-3-7-13-18)16-23-21-15-9-8-14-19(21)17-10-4-2-5-11-17/h2-15,20,23H,16H2,1H3. The molecule has 0 bridgehead atoms. The van der Waals surface area contributed by atoms with Gasteiger partial charge in [0.2, 0.25) is 0 Å². The molecular weight excluding hydrogens is 310 g/mol. The maximum atomic E-state index is 12.2. The molecule has 1 atom stereocenters. The monoisotopic (exact) mass is 331 g/mol. The first-order valence-electron chi connectivity index (χ1n) is 8.30. The fourth-order valence-corrected chi connectivity index (χ4v) is 2.88. The van der Waals surface area contributed by atoms with Gasteiger partial charge < -0.3 is 10.1 Å². The van der Waals surface area contributed by atoms with Crippen molar-refractivity contribution in [3.8, 4) is 11.1 Å². The highest BCUT2D eigenvalue weighted by Crippen LogP contribution is 2.28. The number of benzene rings is 3. The van der Waals surface area contributed by atoms with E-state index in [1.807, 2.05) is 66.7 Å². The molecule has 25 heavy (non-hydrogen) atoms. The second kappa shape index (κ2) is 8.15. The Kier molecular flexibility index (Phi) is 5.47. The summed E-state index contributed by atoms with van der Waals surface area (Å²) < 4.78 is 4.99. The van der Waals surface area contributed by atoms with Gasteiger partial charge in [-0.05, 0) is 17.2 Å². The average molecular weight is 331 g/mol. The van der Waals surface area contributed by atoms with Crippen LogP contribution >= 0.6 is 0 Å². The lowest BCUT2D eigenvalue weighted by molar-refractivity contribution is -0.142. The Labute approximate surface area is 148 Å². The number of hydrogen-bond acceptors (Lipinski definition) is 3. The van der Waals surface area contributed by atoms with E-state index in [0.29, 0.717) is 6.54 Å². The summed E-state index contributed by atoms with van der Waals surface area (Å²) in [6.45, 7) is 0.473. The molecule has 0 aliphatic carbocycles. The number of hydrogen-bond donors (Lipinski definition) is 1. The lowest BCUT2D eigenvalue weighted by Crippen LogP contribution is -2.22. The Bertz CT molecular complexity index is 816. The molecule has 0 radical (unpaired) electrons. The van der Waals surface area contributed by atoms with Crippen molar-refractivity contribution >= 4 is 11.7 Å². The molecule has 1 N–H and O–H groups in total. The first-order valence-corrected chi connectivity index (χ1v) is 8.30. The number of rotatable bonds is 6. The summed E-state index contributed by atoms with van der Waals surface area (Å²) in [5.41, 5.74) is 4.19. The van der Waals surface area contributed by atoms with Gasteiger partial charge in [-0.15, -0.1) is 0 Å². The van der Waals surface area contributed by atoms with Gasteiger partial charge in [0, 0.05) is 17.8 Å². The molecule has 3 rings (SSSR count). The third kappa shape index (κ3) is 4.07. The number of nitrogens with one attached hydrogen (secondary N) is 1. The van der Waals surface area contributed by atoms with Crippen molar-refractivity contribution in [2.24, 2.45) is 0 Å².